The number of nitrogens with zero attached hydrogens (tertiary/aromatic N) is 2. The first kappa shape index (κ1) is 24.1. The number of phenolic OH excluding ortho intramolecular Hbond substituents is 2. The van der Waals surface area contributed by atoms with Crippen LogP contribution in [0, 0.1) is 6.92 Å². The smallest absolute Gasteiger partial charge is 0.348 e. The van der Waals surface area contributed by atoms with E-state index in [9.17, 15) is 15.0 Å². The molecule has 4 rings (SSSR count). The lowest BCUT2D eigenvalue weighted by atomic mass is 9.81. The summed E-state index contributed by atoms with van der Waals surface area (Å²) in [6, 6.07) is 17.0. The molecule has 1 atom stereocenters. The zero-order chi connectivity index (χ0) is 25.3. The van der Waals surface area contributed by atoms with E-state index in [1.54, 1.807) is 48.4 Å². The minimum Gasteiger partial charge on any atom is -0.508 e. The van der Waals surface area contributed by atoms with Crippen molar-refractivity contribution in [1.82, 2.24) is 0 Å². The van der Waals surface area contributed by atoms with Crippen LogP contribution in [0.15, 0.2) is 78.3 Å². The molecule has 3 aromatic carbocycles. The van der Waals surface area contributed by atoms with Crippen LogP contribution in [0.1, 0.15) is 48.6 Å². The van der Waals surface area contributed by atoms with E-state index in [4.69, 9.17) is 4.74 Å². The molecule has 1 aliphatic rings. The molecule has 0 saturated heterocycles. The third-order valence-corrected chi connectivity index (χ3v) is 6.53. The van der Waals surface area contributed by atoms with Crippen LogP contribution in [0.5, 0.6) is 17.2 Å². The lowest BCUT2D eigenvalue weighted by Crippen LogP contribution is -2.39. The molecule has 6 heteroatoms. The van der Waals surface area contributed by atoms with Crippen molar-refractivity contribution in [2.75, 3.05) is 12.0 Å². The average molecular weight is 471 g/mol. The lowest BCUT2D eigenvalue weighted by Gasteiger charge is -2.36. The first-order chi connectivity index (χ1) is 16.6. The van der Waals surface area contributed by atoms with Crippen molar-refractivity contribution in [2.24, 2.45) is 4.99 Å². The van der Waals surface area contributed by atoms with Crippen molar-refractivity contribution in [1.29, 1.82) is 0 Å². The average Bonchev–Trinajstić information content (AvgIpc) is 2.83. The van der Waals surface area contributed by atoms with Crippen molar-refractivity contribution in [2.45, 2.75) is 38.6 Å². The van der Waals surface area contributed by atoms with Crippen molar-refractivity contribution in [3.05, 3.63) is 95.6 Å². The van der Waals surface area contributed by atoms with Crippen molar-refractivity contribution >= 4 is 17.4 Å². The maximum absolute atomic E-state index is 13.5. The second kappa shape index (κ2) is 9.29. The van der Waals surface area contributed by atoms with Gasteiger partial charge in [-0.05, 0) is 60.5 Å². The number of ether oxygens (including phenoxy) is 1. The van der Waals surface area contributed by atoms with Gasteiger partial charge >= 0.3 is 6.03 Å². The number of methoxy groups -OCH3 is 1. The highest BCUT2D eigenvalue weighted by molar-refractivity contribution is 6.12. The molecule has 0 spiro atoms. The molecule has 2 N–H and O–H groups in total. The molecule has 0 bridgehead atoms. The molecule has 0 aliphatic carbocycles. The summed E-state index contributed by atoms with van der Waals surface area (Å²) >= 11 is 0. The highest BCUT2D eigenvalue weighted by Crippen LogP contribution is 2.44. The van der Waals surface area contributed by atoms with Gasteiger partial charge in [-0.3, -0.25) is 4.90 Å². The van der Waals surface area contributed by atoms with Gasteiger partial charge in [0.25, 0.3) is 0 Å². The van der Waals surface area contributed by atoms with Gasteiger partial charge < -0.3 is 14.9 Å². The monoisotopic (exact) mass is 470 g/mol. The third-order valence-electron chi connectivity index (χ3n) is 6.53. The summed E-state index contributed by atoms with van der Waals surface area (Å²) in [5.41, 5.74) is 4.07. The van der Waals surface area contributed by atoms with Gasteiger partial charge in [0.1, 0.15) is 17.2 Å². The van der Waals surface area contributed by atoms with Crippen LogP contribution < -0.4 is 9.64 Å². The van der Waals surface area contributed by atoms with Gasteiger partial charge in [0, 0.05) is 34.7 Å². The van der Waals surface area contributed by atoms with Crippen LogP contribution in [0.3, 0.4) is 0 Å². The second-order valence-electron chi connectivity index (χ2n) is 9.35. The quantitative estimate of drug-likeness (QED) is 0.406. The number of carbonyl (C=O) groups is 1. The number of benzene rings is 3. The Labute approximate surface area is 205 Å². The Morgan fingerprint density at radius 2 is 1.83 bits per heavy atom. The molecule has 1 unspecified atom stereocenters. The first-order valence-electron chi connectivity index (χ1n) is 11.5. The summed E-state index contributed by atoms with van der Waals surface area (Å²) in [5.74, 6) is 0.728. The number of hydrogen-bond acceptors (Lipinski definition) is 4. The molecule has 180 valence electrons. The Balaban J connectivity index is 1.93. The van der Waals surface area contributed by atoms with E-state index in [0.717, 1.165) is 22.4 Å². The second-order valence-corrected chi connectivity index (χ2v) is 9.35. The predicted octanol–water partition coefficient (Wildman–Crippen LogP) is 6.44. The molecule has 2 amide bonds. The minimum atomic E-state index is -0.508. The lowest BCUT2D eigenvalue weighted by molar-refractivity contribution is 0.251. The summed E-state index contributed by atoms with van der Waals surface area (Å²) in [6.45, 7) is 9.85. The van der Waals surface area contributed by atoms with Gasteiger partial charge in [-0.25, -0.2) is 4.79 Å². The number of carbonyl (C=O) groups excluding carboxylic acids is 1. The normalized spacial score (nSPS) is 16.1. The number of aryl methyl sites for hydroxylation is 1. The van der Waals surface area contributed by atoms with E-state index < -0.39 is 17.5 Å². The zero-order valence-electron chi connectivity index (χ0n) is 20.4. The number of anilines is 1. The Bertz CT molecular complexity index is 1310. The summed E-state index contributed by atoms with van der Waals surface area (Å²) in [7, 11) is 1.55. The topological polar surface area (TPSA) is 82.4 Å². The molecule has 35 heavy (non-hydrogen) atoms. The molecule has 1 heterocycles. The fourth-order valence-electron chi connectivity index (χ4n) is 4.43. The van der Waals surface area contributed by atoms with Gasteiger partial charge in [0.05, 0.1) is 18.9 Å². The third kappa shape index (κ3) is 4.64. The maximum Gasteiger partial charge on any atom is 0.348 e. The first-order valence-corrected chi connectivity index (χ1v) is 11.5. The largest absolute Gasteiger partial charge is 0.508 e. The van der Waals surface area contributed by atoms with Crippen LogP contribution in [0.25, 0.3) is 0 Å². The summed E-state index contributed by atoms with van der Waals surface area (Å²) in [5, 5.41) is 20.5. The number of urea groups is 1. The van der Waals surface area contributed by atoms with Crippen LogP contribution in [0.4, 0.5) is 10.5 Å². The number of allylic oxidation sites excluding steroid dienone is 1. The van der Waals surface area contributed by atoms with E-state index in [0.29, 0.717) is 23.4 Å². The Kier molecular flexibility index (Phi) is 6.39. The molecule has 6 nitrogen and oxygen atoms in total. The molecule has 0 saturated carbocycles. The Hall–Kier alpha value is -4.06. The Morgan fingerprint density at radius 1 is 1.11 bits per heavy atom. The van der Waals surface area contributed by atoms with E-state index in [2.05, 4.69) is 11.6 Å². The molecule has 0 aromatic heterocycles. The highest BCUT2D eigenvalue weighted by Gasteiger charge is 2.36. The number of amides is 2. The van der Waals surface area contributed by atoms with Crippen molar-refractivity contribution in [3.63, 3.8) is 0 Å². The van der Waals surface area contributed by atoms with Gasteiger partial charge in [-0.15, -0.1) is 6.58 Å². The predicted molar refractivity (Wildman–Crippen MR) is 139 cm³/mol. The standard InChI is InChI=1S/C29H30N2O4/c1-6-29(3,4)23-15-22(27(35-5)17-26(23)33)25-16-24(19-10-12-21(32)13-11-19)30-28(34)31(25)20-9-7-8-18(2)14-20/h6-15,17,25,32-33H,1,16H2,2-5H3. The van der Waals surface area contributed by atoms with E-state index >= 15 is 0 Å². The highest BCUT2D eigenvalue weighted by atomic mass is 16.5. The fraction of sp³-hybridized carbons (Fsp3) is 0.241. The Morgan fingerprint density at radius 3 is 2.46 bits per heavy atom. The summed E-state index contributed by atoms with van der Waals surface area (Å²) < 4.78 is 5.68. The summed E-state index contributed by atoms with van der Waals surface area (Å²) in [6.07, 6.45) is 2.20. The van der Waals surface area contributed by atoms with Gasteiger partial charge in [0.2, 0.25) is 0 Å². The van der Waals surface area contributed by atoms with Crippen LogP contribution in [-0.4, -0.2) is 29.1 Å². The van der Waals surface area contributed by atoms with Crippen molar-refractivity contribution < 1.29 is 19.7 Å². The van der Waals surface area contributed by atoms with Gasteiger partial charge in [0.15, 0.2) is 0 Å². The van der Waals surface area contributed by atoms with Crippen LogP contribution >= 0.6 is 0 Å². The number of rotatable bonds is 6. The zero-order valence-corrected chi connectivity index (χ0v) is 20.4. The van der Waals surface area contributed by atoms with Gasteiger partial charge in [-0.2, -0.15) is 4.99 Å². The number of hydrogen-bond donors (Lipinski definition) is 2. The van der Waals surface area contributed by atoms with E-state index in [1.807, 2.05) is 51.1 Å². The van der Waals surface area contributed by atoms with Crippen LogP contribution in [-0.2, 0) is 5.41 Å². The molecular formula is C29H30N2O4. The van der Waals surface area contributed by atoms with E-state index in [-0.39, 0.29) is 11.5 Å². The molecule has 0 fully saturated rings. The number of aliphatic imine (C=N–C) groups is 1. The maximum atomic E-state index is 13.5. The van der Waals surface area contributed by atoms with Gasteiger partial charge in [-0.1, -0.05) is 32.1 Å². The summed E-state index contributed by atoms with van der Waals surface area (Å²) in [4.78, 5) is 19.6. The fourth-order valence-corrected chi connectivity index (χ4v) is 4.43. The SMILES string of the molecule is C=CC(C)(C)c1cc(C2CC(c3ccc(O)cc3)=NC(=O)N2c2cccc(C)c2)c(OC)cc1O. The molecule has 0 radical (unpaired) electrons. The molecule has 3 aromatic rings. The minimum absolute atomic E-state index is 0.104. The van der Waals surface area contributed by atoms with E-state index in [1.165, 1.54) is 0 Å². The molecule has 1 aliphatic heterocycles. The van der Waals surface area contributed by atoms with Crippen LogP contribution in [0.2, 0.25) is 0 Å². The number of aromatic hydroxyl groups is 2. The molecular weight excluding hydrogens is 440 g/mol. The number of phenols is 2. The van der Waals surface area contributed by atoms with Crippen molar-refractivity contribution in [3.8, 4) is 17.2 Å².